The van der Waals surface area contributed by atoms with Crippen LogP contribution in [0, 0.1) is 0 Å². The molecule has 0 saturated heterocycles. The molecule has 0 amide bonds. The summed E-state index contributed by atoms with van der Waals surface area (Å²) in [5.41, 5.74) is 1.71. The van der Waals surface area contributed by atoms with Gasteiger partial charge in [-0.1, -0.05) is 55.0 Å². The summed E-state index contributed by atoms with van der Waals surface area (Å²) in [5.74, 6) is 1.38. The standard InChI is InChI=1S/C21H19N3O2S/c1-2-3-13-26-17-11-9-16(10-12-17)19-22-21-24(23-19)20(25)18(27-21)14-15-7-5-4-6-8-15/h4-12,14H,2-3,13H2,1H3. The highest BCUT2D eigenvalue weighted by Crippen LogP contribution is 2.20. The van der Waals surface area contributed by atoms with Gasteiger partial charge >= 0.3 is 0 Å². The van der Waals surface area contributed by atoms with E-state index >= 15 is 0 Å². The number of fused-ring (bicyclic) bond motifs is 1. The molecule has 0 radical (unpaired) electrons. The number of aromatic nitrogens is 3. The van der Waals surface area contributed by atoms with Crippen LogP contribution in [0.4, 0.5) is 0 Å². The van der Waals surface area contributed by atoms with Gasteiger partial charge in [0.15, 0.2) is 5.82 Å². The van der Waals surface area contributed by atoms with Gasteiger partial charge < -0.3 is 4.74 Å². The predicted octanol–water partition coefficient (Wildman–Crippen LogP) is 3.54. The Balaban J connectivity index is 1.61. The average Bonchev–Trinajstić information content (AvgIpc) is 3.23. The third-order valence-corrected chi connectivity index (χ3v) is 5.12. The molecule has 2 heterocycles. The van der Waals surface area contributed by atoms with Crippen molar-refractivity contribution in [2.24, 2.45) is 0 Å². The Morgan fingerprint density at radius 2 is 1.89 bits per heavy atom. The maximum absolute atomic E-state index is 12.6. The van der Waals surface area contributed by atoms with Crippen LogP contribution in [0.3, 0.4) is 0 Å². The second-order valence-electron chi connectivity index (χ2n) is 6.18. The number of hydrogen-bond donors (Lipinski definition) is 0. The summed E-state index contributed by atoms with van der Waals surface area (Å²) >= 11 is 1.35. The van der Waals surface area contributed by atoms with E-state index < -0.39 is 0 Å². The van der Waals surface area contributed by atoms with Crippen molar-refractivity contribution < 1.29 is 4.74 Å². The molecule has 0 bridgehead atoms. The number of thiazole rings is 1. The van der Waals surface area contributed by atoms with E-state index in [0.717, 1.165) is 29.7 Å². The molecule has 0 saturated carbocycles. The first-order chi connectivity index (χ1) is 13.2. The lowest BCUT2D eigenvalue weighted by Crippen LogP contribution is -2.23. The fourth-order valence-electron chi connectivity index (χ4n) is 2.69. The lowest BCUT2D eigenvalue weighted by molar-refractivity contribution is 0.309. The van der Waals surface area contributed by atoms with Gasteiger partial charge in [-0.15, -0.1) is 5.10 Å². The monoisotopic (exact) mass is 377 g/mol. The minimum absolute atomic E-state index is 0.142. The second kappa shape index (κ2) is 7.72. The molecular formula is C21H19N3O2S. The summed E-state index contributed by atoms with van der Waals surface area (Å²) in [5, 5.41) is 4.39. The summed E-state index contributed by atoms with van der Waals surface area (Å²) in [6.07, 6.45) is 4.01. The zero-order valence-electron chi connectivity index (χ0n) is 15.0. The molecule has 136 valence electrons. The summed E-state index contributed by atoms with van der Waals surface area (Å²) < 4.78 is 7.68. The van der Waals surface area contributed by atoms with E-state index in [1.165, 1.54) is 15.9 Å². The maximum atomic E-state index is 12.6. The molecule has 0 N–H and O–H groups in total. The van der Waals surface area contributed by atoms with Crippen molar-refractivity contribution in [3.8, 4) is 17.1 Å². The van der Waals surface area contributed by atoms with Crippen LogP contribution < -0.4 is 14.8 Å². The topological polar surface area (TPSA) is 56.5 Å². The van der Waals surface area contributed by atoms with E-state index in [4.69, 9.17) is 4.74 Å². The smallest absolute Gasteiger partial charge is 0.291 e. The zero-order chi connectivity index (χ0) is 18.6. The average molecular weight is 377 g/mol. The van der Waals surface area contributed by atoms with Crippen molar-refractivity contribution in [1.82, 2.24) is 14.6 Å². The zero-order valence-corrected chi connectivity index (χ0v) is 15.8. The van der Waals surface area contributed by atoms with Crippen molar-refractivity contribution >= 4 is 22.4 Å². The summed E-state index contributed by atoms with van der Waals surface area (Å²) in [6.45, 7) is 2.85. The van der Waals surface area contributed by atoms with Crippen LogP contribution in [0.2, 0.25) is 0 Å². The van der Waals surface area contributed by atoms with Crippen LogP contribution in [0.1, 0.15) is 25.3 Å². The Kier molecular flexibility index (Phi) is 4.98. The fraction of sp³-hybridized carbons (Fsp3) is 0.190. The van der Waals surface area contributed by atoms with Gasteiger partial charge in [-0.25, -0.2) is 0 Å². The van der Waals surface area contributed by atoms with Crippen molar-refractivity contribution in [2.45, 2.75) is 19.8 Å². The molecule has 0 atom stereocenters. The molecule has 0 spiro atoms. The van der Waals surface area contributed by atoms with Gasteiger partial charge in [-0.3, -0.25) is 4.79 Å². The molecule has 4 rings (SSSR count). The van der Waals surface area contributed by atoms with E-state index in [1.54, 1.807) is 0 Å². The molecule has 2 aromatic carbocycles. The molecule has 0 unspecified atom stereocenters. The number of unbranched alkanes of at least 4 members (excludes halogenated alkanes) is 1. The molecule has 4 aromatic rings. The molecule has 0 aliphatic heterocycles. The van der Waals surface area contributed by atoms with Gasteiger partial charge in [0.05, 0.1) is 11.1 Å². The predicted molar refractivity (Wildman–Crippen MR) is 108 cm³/mol. The highest BCUT2D eigenvalue weighted by atomic mass is 32.1. The van der Waals surface area contributed by atoms with Gasteiger partial charge in [0.25, 0.3) is 5.56 Å². The molecule has 0 aliphatic rings. The fourth-order valence-corrected chi connectivity index (χ4v) is 3.60. The van der Waals surface area contributed by atoms with Crippen LogP contribution >= 0.6 is 11.3 Å². The number of ether oxygens (including phenoxy) is 1. The van der Waals surface area contributed by atoms with Crippen LogP contribution in [-0.4, -0.2) is 21.2 Å². The molecule has 27 heavy (non-hydrogen) atoms. The Morgan fingerprint density at radius 3 is 2.59 bits per heavy atom. The summed E-state index contributed by atoms with van der Waals surface area (Å²) in [4.78, 5) is 17.7. The van der Waals surface area contributed by atoms with Crippen molar-refractivity contribution in [2.75, 3.05) is 6.61 Å². The highest BCUT2D eigenvalue weighted by Gasteiger charge is 2.12. The first-order valence-electron chi connectivity index (χ1n) is 8.94. The van der Waals surface area contributed by atoms with Crippen molar-refractivity contribution in [3.05, 3.63) is 75.0 Å². The van der Waals surface area contributed by atoms with Crippen molar-refractivity contribution in [1.29, 1.82) is 0 Å². The summed E-state index contributed by atoms with van der Waals surface area (Å²) in [7, 11) is 0. The van der Waals surface area contributed by atoms with Crippen molar-refractivity contribution in [3.63, 3.8) is 0 Å². The minimum Gasteiger partial charge on any atom is -0.494 e. The molecular weight excluding hydrogens is 358 g/mol. The van der Waals surface area contributed by atoms with E-state index in [-0.39, 0.29) is 5.56 Å². The van der Waals surface area contributed by atoms with Gasteiger partial charge in [-0.2, -0.15) is 9.50 Å². The first-order valence-corrected chi connectivity index (χ1v) is 9.76. The van der Waals surface area contributed by atoms with Gasteiger partial charge in [0.2, 0.25) is 4.96 Å². The van der Waals surface area contributed by atoms with Gasteiger partial charge in [-0.05, 0) is 42.3 Å². The number of benzene rings is 2. The molecule has 6 heteroatoms. The number of nitrogens with zero attached hydrogens (tertiary/aromatic N) is 3. The Labute approximate surface area is 160 Å². The number of hydrogen-bond acceptors (Lipinski definition) is 5. The Morgan fingerprint density at radius 1 is 1.11 bits per heavy atom. The second-order valence-corrected chi connectivity index (χ2v) is 7.19. The van der Waals surface area contributed by atoms with Crippen LogP contribution in [0.15, 0.2) is 59.4 Å². The largest absolute Gasteiger partial charge is 0.494 e. The van der Waals surface area contributed by atoms with E-state index in [0.29, 0.717) is 21.9 Å². The van der Waals surface area contributed by atoms with Crippen LogP contribution in [0.5, 0.6) is 5.75 Å². The lowest BCUT2D eigenvalue weighted by Gasteiger charge is -2.05. The van der Waals surface area contributed by atoms with Gasteiger partial charge in [0, 0.05) is 5.56 Å². The number of rotatable bonds is 6. The van der Waals surface area contributed by atoms with Crippen LogP contribution in [-0.2, 0) is 0 Å². The van der Waals surface area contributed by atoms with Gasteiger partial charge in [0.1, 0.15) is 5.75 Å². The first kappa shape index (κ1) is 17.4. The molecule has 5 nitrogen and oxygen atoms in total. The van der Waals surface area contributed by atoms with E-state index in [2.05, 4.69) is 17.0 Å². The Hall–Kier alpha value is -2.99. The SMILES string of the molecule is CCCCOc1ccc(-c2nc3sc(=Cc4ccccc4)c(=O)n3n2)cc1. The third kappa shape index (κ3) is 3.75. The normalized spacial score (nSPS) is 12.0. The minimum atomic E-state index is -0.142. The third-order valence-electron chi connectivity index (χ3n) is 4.16. The Bertz CT molecular complexity index is 1150. The van der Waals surface area contributed by atoms with E-state index in [1.807, 2.05) is 60.7 Å². The highest BCUT2D eigenvalue weighted by molar-refractivity contribution is 7.15. The molecule has 2 aromatic heterocycles. The lowest BCUT2D eigenvalue weighted by atomic mass is 10.2. The maximum Gasteiger partial charge on any atom is 0.291 e. The quantitative estimate of drug-likeness (QED) is 0.482. The van der Waals surface area contributed by atoms with Crippen LogP contribution in [0.25, 0.3) is 22.4 Å². The summed E-state index contributed by atoms with van der Waals surface area (Å²) in [6, 6.07) is 17.4. The van der Waals surface area contributed by atoms with E-state index in [9.17, 15) is 4.79 Å². The molecule has 0 aliphatic carbocycles. The molecule has 0 fully saturated rings.